The van der Waals surface area contributed by atoms with Gasteiger partial charge < -0.3 is 9.88 Å². The molecule has 1 fully saturated rings. The SMILES string of the molecule is Cc1ccccc1Cc1nc2cccnc2n1CC1CCNC1. The summed E-state index contributed by atoms with van der Waals surface area (Å²) >= 11 is 0. The molecule has 118 valence electrons. The Morgan fingerprint density at radius 2 is 2.13 bits per heavy atom. The maximum atomic E-state index is 4.87. The molecule has 2 aromatic heterocycles. The summed E-state index contributed by atoms with van der Waals surface area (Å²) in [6.07, 6.45) is 3.96. The van der Waals surface area contributed by atoms with E-state index < -0.39 is 0 Å². The zero-order chi connectivity index (χ0) is 15.6. The number of imidazole rings is 1. The lowest BCUT2D eigenvalue weighted by molar-refractivity contribution is 0.478. The highest BCUT2D eigenvalue weighted by Gasteiger charge is 2.19. The van der Waals surface area contributed by atoms with Gasteiger partial charge in [-0.3, -0.25) is 0 Å². The Morgan fingerprint density at radius 1 is 1.22 bits per heavy atom. The second kappa shape index (κ2) is 6.13. The molecule has 0 spiro atoms. The van der Waals surface area contributed by atoms with Crippen LogP contribution in [0.5, 0.6) is 0 Å². The predicted octanol–water partition coefficient (Wildman–Crippen LogP) is 2.94. The molecule has 0 aliphatic carbocycles. The number of benzene rings is 1. The van der Waals surface area contributed by atoms with Gasteiger partial charge in [-0.15, -0.1) is 0 Å². The van der Waals surface area contributed by atoms with Crippen LogP contribution in [0.2, 0.25) is 0 Å². The molecule has 1 aromatic carbocycles. The van der Waals surface area contributed by atoms with Crippen molar-refractivity contribution in [3.8, 4) is 0 Å². The number of rotatable bonds is 4. The summed E-state index contributed by atoms with van der Waals surface area (Å²) in [6, 6.07) is 12.6. The first kappa shape index (κ1) is 14.4. The van der Waals surface area contributed by atoms with Gasteiger partial charge in [0.05, 0.1) is 0 Å². The molecule has 1 aliphatic rings. The van der Waals surface area contributed by atoms with Crippen LogP contribution in [0.4, 0.5) is 0 Å². The number of hydrogen-bond donors (Lipinski definition) is 1. The van der Waals surface area contributed by atoms with Crippen LogP contribution >= 0.6 is 0 Å². The molecule has 0 saturated carbocycles. The smallest absolute Gasteiger partial charge is 0.160 e. The zero-order valence-electron chi connectivity index (χ0n) is 13.5. The Labute approximate surface area is 136 Å². The van der Waals surface area contributed by atoms with Crippen molar-refractivity contribution < 1.29 is 0 Å². The van der Waals surface area contributed by atoms with Gasteiger partial charge >= 0.3 is 0 Å². The van der Waals surface area contributed by atoms with Crippen molar-refractivity contribution in [2.45, 2.75) is 26.3 Å². The van der Waals surface area contributed by atoms with Crippen LogP contribution in [-0.2, 0) is 13.0 Å². The molecule has 1 N–H and O–H groups in total. The Balaban J connectivity index is 1.73. The van der Waals surface area contributed by atoms with Gasteiger partial charge in [0.15, 0.2) is 5.65 Å². The molecular weight excluding hydrogens is 284 g/mol. The van der Waals surface area contributed by atoms with E-state index in [2.05, 4.69) is 52.1 Å². The third-order valence-corrected chi connectivity index (χ3v) is 4.80. The molecule has 1 saturated heterocycles. The first-order valence-electron chi connectivity index (χ1n) is 8.36. The predicted molar refractivity (Wildman–Crippen MR) is 92.5 cm³/mol. The lowest BCUT2D eigenvalue weighted by atomic mass is 10.1. The van der Waals surface area contributed by atoms with Crippen LogP contribution < -0.4 is 5.32 Å². The van der Waals surface area contributed by atoms with E-state index in [-0.39, 0.29) is 0 Å². The van der Waals surface area contributed by atoms with E-state index in [0.717, 1.165) is 43.0 Å². The monoisotopic (exact) mass is 306 g/mol. The summed E-state index contributed by atoms with van der Waals surface area (Å²) in [5, 5.41) is 3.46. The van der Waals surface area contributed by atoms with Gasteiger partial charge in [-0.2, -0.15) is 0 Å². The van der Waals surface area contributed by atoms with Crippen molar-refractivity contribution in [3.05, 3.63) is 59.5 Å². The number of fused-ring (bicyclic) bond motifs is 1. The number of nitrogens with zero attached hydrogens (tertiary/aromatic N) is 3. The van der Waals surface area contributed by atoms with E-state index >= 15 is 0 Å². The van der Waals surface area contributed by atoms with Crippen LogP contribution in [0.25, 0.3) is 11.2 Å². The van der Waals surface area contributed by atoms with Gasteiger partial charge in [-0.25, -0.2) is 9.97 Å². The highest BCUT2D eigenvalue weighted by Crippen LogP contribution is 2.21. The Morgan fingerprint density at radius 3 is 2.96 bits per heavy atom. The van der Waals surface area contributed by atoms with E-state index in [0.29, 0.717) is 5.92 Å². The summed E-state index contributed by atoms with van der Waals surface area (Å²) in [5.41, 5.74) is 4.68. The second-order valence-corrected chi connectivity index (χ2v) is 6.45. The van der Waals surface area contributed by atoms with Crippen LogP contribution in [0.15, 0.2) is 42.6 Å². The quantitative estimate of drug-likeness (QED) is 0.806. The van der Waals surface area contributed by atoms with Gasteiger partial charge in [-0.05, 0) is 55.6 Å². The van der Waals surface area contributed by atoms with Gasteiger partial charge in [-0.1, -0.05) is 24.3 Å². The first-order chi connectivity index (χ1) is 11.3. The highest BCUT2D eigenvalue weighted by atomic mass is 15.1. The molecule has 0 amide bonds. The van der Waals surface area contributed by atoms with Gasteiger partial charge in [0.2, 0.25) is 0 Å². The molecule has 3 aromatic rings. The molecule has 3 heterocycles. The lowest BCUT2D eigenvalue weighted by Crippen LogP contribution is -2.16. The van der Waals surface area contributed by atoms with Crippen LogP contribution in [-0.4, -0.2) is 27.6 Å². The van der Waals surface area contributed by atoms with Crippen LogP contribution in [0.3, 0.4) is 0 Å². The normalized spacial score (nSPS) is 17.9. The summed E-state index contributed by atoms with van der Waals surface area (Å²) in [5.74, 6) is 1.80. The van der Waals surface area contributed by atoms with Gasteiger partial charge in [0, 0.05) is 19.2 Å². The topological polar surface area (TPSA) is 42.7 Å². The number of pyridine rings is 1. The average Bonchev–Trinajstić information content (AvgIpc) is 3.19. The van der Waals surface area contributed by atoms with Crippen molar-refractivity contribution in [2.75, 3.05) is 13.1 Å². The molecule has 0 radical (unpaired) electrons. The Bertz CT molecular complexity index is 815. The zero-order valence-corrected chi connectivity index (χ0v) is 13.5. The molecule has 23 heavy (non-hydrogen) atoms. The molecule has 4 rings (SSSR count). The molecule has 4 nitrogen and oxygen atoms in total. The van der Waals surface area contributed by atoms with Crippen LogP contribution in [0.1, 0.15) is 23.4 Å². The number of aromatic nitrogens is 3. The molecule has 1 aliphatic heterocycles. The van der Waals surface area contributed by atoms with Crippen molar-refractivity contribution in [1.29, 1.82) is 0 Å². The van der Waals surface area contributed by atoms with Gasteiger partial charge in [0.25, 0.3) is 0 Å². The van der Waals surface area contributed by atoms with E-state index in [1.54, 1.807) is 0 Å². The van der Waals surface area contributed by atoms with Crippen LogP contribution in [0, 0.1) is 12.8 Å². The summed E-state index contributed by atoms with van der Waals surface area (Å²) in [7, 11) is 0. The van der Waals surface area contributed by atoms with Crippen molar-refractivity contribution in [1.82, 2.24) is 19.9 Å². The van der Waals surface area contributed by atoms with E-state index in [1.165, 1.54) is 17.5 Å². The molecule has 0 bridgehead atoms. The largest absolute Gasteiger partial charge is 0.316 e. The maximum absolute atomic E-state index is 4.87. The number of aryl methyl sites for hydroxylation is 1. The minimum Gasteiger partial charge on any atom is -0.316 e. The third kappa shape index (κ3) is 2.86. The minimum absolute atomic E-state index is 0.671. The van der Waals surface area contributed by atoms with E-state index in [1.807, 2.05) is 12.3 Å². The summed E-state index contributed by atoms with van der Waals surface area (Å²) in [4.78, 5) is 9.46. The van der Waals surface area contributed by atoms with Crippen molar-refractivity contribution >= 4 is 11.2 Å². The Hall–Kier alpha value is -2.20. The lowest BCUT2D eigenvalue weighted by Gasteiger charge is -2.14. The Kier molecular flexibility index (Phi) is 3.83. The molecule has 4 heteroatoms. The number of hydrogen-bond acceptors (Lipinski definition) is 3. The fourth-order valence-electron chi connectivity index (χ4n) is 3.44. The third-order valence-electron chi connectivity index (χ3n) is 4.80. The average molecular weight is 306 g/mol. The number of nitrogens with one attached hydrogen (secondary N) is 1. The summed E-state index contributed by atoms with van der Waals surface area (Å²) in [6.45, 7) is 5.39. The summed E-state index contributed by atoms with van der Waals surface area (Å²) < 4.78 is 2.33. The van der Waals surface area contributed by atoms with Crippen molar-refractivity contribution in [3.63, 3.8) is 0 Å². The standard InChI is InChI=1S/C19H22N4/c1-14-5-2-3-6-16(14)11-18-22-17-7-4-9-21-19(17)23(18)13-15-8-10-20-12-15/h2-7,9,15,20H,8,10-13H2,1H3. The minimum atomic E-state index is 0.671. The molecule has 1 unspecified atom stereocenters. The first-order valence-corrected chi connectivity index (χ1v) is 8.36. The molecular formula is C19H22N4. The molecule has 1 atom stereocenters. The fourth-order valence-corrected chi connectivity index (χ4v) is 3.44. The van der Waals surface area contributed by atoms with Crippen molar-refractivity contribution in [2.24, 2.45) is 5.92 Å². The second-order valence-electron chi connectivity index (χ2n) is 6.45. The fraction of sp³-hybridized carbons (Fsp3) is 0.368. The highest BCUT2D eigenvalue weighted by molar-refractivity contribution is 5.71. The van der Waals surface area contributed by atoms with Gasteiger partial charge in [0.1, 0.15) is 11.3 Å². The van der Waals surface area contributed by atoms with E-state index in [4.69, 9.17) is 4.98 Å². The van der Waals surface area contributed by atoms with E-state index in [9.17, 15) is 0 Å². The maximum Gasteiger partial charge on any atom is 0.160 e.